The highest BCUT2D eigenvalue weighted by molar-refractivity contribution is 7.16. The van der Waals surface area contributed by atoms with E-state index in [1.807, 2.05) is 16.2 Å². The standard InChI is InChI=1S/C14H18N6S/c1-8(2)6-10-7-11(19(3)17-10)12-15-16-14-20(12)18-13(21-14)9-4-5-9/h7-9H,4-6H2,1-3H3. The van der Waals surface area contributed by atoms with Crippen molar-refractivity contribution >= 4 is 16.3 Å². The maximum absolute atomic E-state index is 4.69. The van der Waals surface area contributed by atoms with Gasteiger partial charge in [0.05, 0.1) is 5.69 Å². The number of hydrogen-bond acceptors (Lipinski definition) is 5. The van der Waals surface area contributed by atoms with E-state index in [9.17, 15) is 0 Å². The lowest BCUT2D eigenvalue weighted by Crippen LogP contribution is -1.99. The third-order valence-corrected chi connectivity index (χ3v) is 4.77. The third-order valence-electron chi connectivity index (χ3n) is 3.71. The molecule has 0 unspecified atom stereocenters. The van der Waals surface area contributed by atoms with Gasteiger partial charge in [-0.1, -0.05) is 25.2 Å². The van der Waals surface area contributed by atoms with Crippen molar-refractivity contribution in [3.05, 3.63) is 16.8 Å². The van der Waals surface area contributed by atoms with Crippen molar-refractivity contribution in [2.45, 2.75) is 39.0 Å². The Kier molecular flexibility index (Phi) is 2.85. The quantitative estimate of drug-likeness (QED) is 0.743. The average molecular weight is 302 g/mol. The van der Waals surface area contributed by atoms with Crippen molar-refractivity contribution in [3.8, 4) is 11.5 Å². The molecule has 0 radical (unpaired) electrons. The first-order valence-electron chi connectivity index (χ1n) is 7.37. The summed E-state index contributed by atoms with van der Waals surface area (Å²) in [6.07, 6.45) is 3.48. The Morgan fingerprint density at radius 2 is 2.10 bits per heavy atom. The molecule has 1 aliphatic rings. The molecule has 3 heterocycles. The van der Waals surface area contributed by atoms with E-state index in [-0.39, 0.29) is 0 Å². The molecule has 0 aliphatic heterocycles. The van der Waals surface area contributed by atoms with Gasteiger partial charge in [0.2, 0.25) is 10.8 Å². The second-order valence-electron chi connectivity index (χ2n) is 6.18. The molecular formula is C14H18N6S. The van der Waals surface area contributed by atoms with Crippen LogP contribution in [-0.2, 0) is 13.5 Å². The lowest BCUT2D eigenvalue weighted by molar-refractivity contribution is 0.621. The van der Waals surface area contributed by atoms with Gasteiger partial charge in [0.15, 0.2) is 0 Å². The Morgan fingerprint density at radius 1 is 1.29 bits per heavy atom. The van der Waals surface area contributed by atoms with Gasteiger partial charge in [-0.2, -0.15) is 14.7 Å². The van der Waals surface area contributed by atoms with Gasteiger partial charge in [0.25, 0.3) is 0 Å². The average Bonchev–Trinajstić information content (AvgIpc) is 2.92. The number of aryl methyl sites for hydroxylation is 1. The molecule has 0 aromatic carbocycles. The summed E-state index contributed by atoms with van der Waals surface area (Å²) in [6.45, 7) is 4.40. The van der Waals surface area contributed by atoms with Crippen molar-refractivity contribution in [3.63, 3.8) is 0 Å². The monoisotopic (exact) mass is 302 g/mol. The first kappa shape index (κ1) is 12.9. The summed E-state index contributed by atoms with van der Waals surface area (Å²) in [5, 5.41) is 19.0. The van der Waals surface area contributed by atoms with E-state index in [1.54, 1.807) is 11.3 Å². The molecule has 1 fully saturated rings. The molecule has 0 bridgehead atoms. The zero-order chi connectivity index (χ0) is 14.6. The van der Waals surface area contributed by atoms with Crippen LogP contribution in [0.3, 0.4) is 0 Å². The molecule has 7 heteroatoms. The van der Waals surface area contributed by atoms with Crippen LogP contribution in [0.15, 0.2) is 6.07 Å². The van der Waals surface area contributed by atoms with Crippen LogP contribution < -0.4 is 0 Å². The van der Waals surface area contributed by atoms with Crippen LogP contribution in [0.1, 0.15) is 43.3 Å². The fraction of sp³-hybridized carbons (Fsp3) is 0.571. The van der Waals surface area contributed by atoms with Gasteiger partial charge in [-0.05, 0) is 31.2 Å². The van der Waals surface area contributed by atoms with Gasteiger partial charge < -0.3 is 0 Å². The van der Waals surface area contributed by atoms with Crippen LogP contribution in [0, 0.1) is 5.92 Å². The number of rotatable bonds is 4. The molecule has 0 N–H and O–H groups in total. The van der Waals surface area contributed by atoms with E-state index in [0.29, 0.717) is 11.8 Å². The highest BCUT2D eigenvalue weighted by atomic mass is 32.1. The Labute approximate surface area is 126 Å². The second kappa shape index (κ2) is 4.62. The molecule has 0 amide bonds. The van der Waals surface area contributed by atoms with Crippen molar-refractivity contribution in [2.75, 3.05) is 0 Å². The van der Waals surface area contributed by atoms with Crippen LogP contribution in [0.25, 0.3) is 16.5 Å². The van der Waals surface area contributed by atoms with E-state index in [0.717, 1.165) is 28.6 Å². The summed E-state index contributed by atoms with van der Waals surface area (Å²) in [5.41, 5.74) is 2.07. The van der Waals surface area contributed by atoms with Crippen molar-refractivity contribution in [2.24, 2.45) is 13.0 Å². The summed E-state index contributed by atoms with van der Waals surface area (Å²) in [6, 6.07) is 2.10. The van der Waals surface area contributed by atoms with E-state index >= 15 is 0 Å². The van der Waals surface area contributed by atoms with Crippen molar-refractivity contribution in [1.82, 2.24) is 29.6 Å². The molecule has 3 aromatic heterocycles. The first-order chi connectivity index (χ1) is 10.1. The Bertz CT molecular complexity index is 792. The van der Waals surface area contributed by atoms with Gasteiger partial charge in [-0.15, -0.1) is 10.2 Å². The molecular weight excluding hydrogens is 284 g/mol. The fourth-order valence-corrected chi connectivity index (χ4v) is 3.55. The van der Waals surface area contributed by atoms with Crippen LogP contribution >= 0.6 is 11.3 Å². The molecule has 1 aliphatic carbocycles. The summed E-state index contributed by atoms with van der Waals surface area (Å²) in [5.74, 6) is 2.03. The molecule has 0 spiro atoms. The zero-order valence-corrected chi connectivity index (χ0v) is 13.3. The minimum absolute atomic E-state index is 0.590. The maximum Gasteiger partial charge on any atom is 0.235 e. The number of nitrogens with zero attached hydrogens (tertiary/aromatic N) is 6. The summed E-state index contributed by atoms with van der Waals surface area (Å²) in [4.78, 5) is 0.874. The summed E-state index contributed by atoms with van der Waals surface area (Å²) >= 11 is 1.66. The predicted molar refractivity (Wildman–Crippen MR) is 81.4 cm³/mol. The summed E-state index contributed by atoms with van der Waals surface area (Å²) < 4.78 is 3.75. The smallest absolute Gasteiger partial charge is 0.235 e. The van der Waals surface area contributed by atoms with Gasteiger partial charge in [-0.25, -0.2) is 0 Å². The van der Waals surface area contributed by atoms with E-state index < -0.39 is 0 Å². The number of fused-ring (bicyclic) bond motifs is 1. The van der Waals surface area contributed by atoms with Crippen LogP contribution in [-0.4, -0.2) is 29.6 Å². The Morgan fingerprint density at radius 3 is 2.81 bits per heavy atom. The van der Waals surface area contributed by atoms with Crippen molar-refractivity contribution in [1.29, 1.82) is 0 Å². The Hall–Kier alpha value is -1.76. The molecule has 110 valence electrons. The highest BCUT2D eigenvalue weighted by Crippen LogP contribution is 2.42. The zero-order valence-electron chi connectivity index (χ0n) is 12.4. The van der Waals surface area contributed by atoms with E-state index in [1.165, 1.54) is 17.8 Å². The van der Waals surface area contributed by atoms with Gasteiger partial charge in [-0.3, -0.25) is 4.68 Å². The van der Waals surface area contributed by atoms with Crippen LogP contribution in [0.5, 0.6) is 0 Å². The molecule has 3 aromatic rings. The number of aromatic nitrogens is 6. The molecule has 6 nitrogen and oxygen atoms in total. The van der Waals surface area contributed by atoms with Gasteiger partial charge >= 0.3 is 0 Å². The first-order valence-corrected chi connectivity index (χ1v) is 8.19. The van der Waals surface area contributed by atoms with E-state index in [2.05, 4.69) is 35.2 Å². The minimum atomic E-state index is 0.590. The molecule has 1 saturated carbocycles. The molecule has 21 heavy (non-hydrogen) atoms. The SMILES string of the molecule is CC(C)Cc1cc(-c2nnc3sc(C4CC4)nn23)n(C)n1. The molecule has 0 atom stereocenters. The number of hydrogen-bond donors (Lipinski definition) is 0. The minimum Gasteiger partial charge on any atom is -0.264 e. The van der Waals surface area contributed by atoms with Crippen LogP contribution in [0.2, 0.25) is 0 Å². The summed E-state index contributed by atoms with van der Waals surface area (Å²) in [7, 11) is 1.95. The molecule has 0 saturated heterocycles. The lowest BCUT2D eigenvalue weighted by atomic mass is 10.1. The normalized spacial score (nSPS) is 15.4. The highest BCUT2D eigenvalue weighted by Gasteiger charge is 2.29. The van der Waals surface area contributed by atoms with Crippen LogP contribution in [0.4, 0.5) is 0 Å². The Balaban J connectivity index is 1.76. The maximum atomic E-state index is 4.69. The predicted octanol–water partition coefficient (Wildman–Crippen LogP) is 2.66. The lowest BCUT2D eigenvalue weighted by Gasteiger charge is -1.98. The van der Waals surface area contributed by atoms with Gasteiger partial charge in [0, 0.05) is 13.0 Å². The topological polar surface area (TPSA) is 60.9 Å². The fourth-order valence-electron chi connectivity index (χ4n) is 2.54. The van der Waals surface area contributed by atoms with Gasteiger partial charge in [0.1, 0.15) is 10.7 Å². The molecule has 4 rings (SSSR count). The van der Waals surface area contributed by atoms with E-state index in [4.69, 9.17) is 5.10 Å². The largest absolute Gasteiger partial charge is 0.264 e. The second-order valence-corrected chi connectivity index (χ2v) is 7.16. The van der Waals surface area contributed by atoms with Crippen molar-refractivity contribution < 1.29 is 0 Å². The third kappa shape index (κ3) is 2.25.